The van der Waals surface area contributed by atoms with E-state index >= 15 is 0 Å². The van der Waals surface area contributed by atoms with Gasteiger partial charge in [-0.3, -0.25) is 5.32 Å². The molecule has 2 aromatic carbocycles. The molecule has 3 N–H and O–H groups in total. The number of aliphatic hydroxyl groups is 1. The summed E-state index contributed by atoms with van der Waals surface area (Å²) in [7, 11) is 1.29. The summed E-state index contributed by atoms with van der Waals surface area (Å²) < 4.78 is 10.1. The van der Waals surface area contributed by atoms with Crippen LogP contribution in [0.15, 0.2) is 60.7 Å². The third-order valence-corrected chi connectivity index (χ3v) is 5.00. The summed E-state index contributed by atoms with van der Waals surface area (Å²) >= 11 is 0. The number of nitrogens with one attached hydrogen (secondary N) is 2. The van der Waals surface area contributed by atoms with Crippen molar-refractivity contribution in [2.24, 2.45) is 0 Å². The number of nitrogens with zero attached hydrogens (tertiary/aromatic N) is 2. The first-order valence-electron chi connectivity index (χ1n) is 11.1. The molecule has 0 radical (unpaired) electrons. The molecule has 9 nitrogen and oxygen atoms in total. The van der Waals surface area contributed by atoms with E-state index in [2.05, 4.69) is 25.6 Å². The van der Waals surface area contributed by atoms with Crippen LogP contribution in [-0.2, 0) is 22.5 Å². The molecule has 0 aliphatic rings. The van der Waals surface area contributed by atoms with Gasteiger partial charge in [-0.15, -0.1) is 0 Å². The lowest BCUT2D eigenvalue weighted by molar-refractivity contribution is 0.0503. The van der Waals surface area contributed by atoms with Gasteiger partial charge in [0.1, 0.15) is 5.60 Å². The van der Waals surface area contributed by atoms with Crippen LogP contribution in [0.2, 0.25) is 0 Å². The van der Waals surface area contributed by atoms with E-state index in [-0.39, 0.29) is 6.61 Å². The van der Waals surface area contributed by atoms with Gasteiger partial charge in [0.25, 0.3) is 0 Å². The molecular formula is C26H30N4O5. The molecular weight excluding hydrogens is 448 g/mol. The Labute approximate surface area is 204 Å². The molecule has 2 amide bonds. The van der Waals surface area contributed by atoms with Crippen molar-refractivity contribution in [1.82, 2.24) is 15.5 Å². The fraction of sp³-hybridized carbons (Fsp3) is 0.308. The molecule has 0 fully saturated rings. The van der Waals surface area contributed by atoms with E-state index in [1.54, 1.807) is 45.0 Å². The van der Waals surface area contributed by atoms with Crippen molar-refractivity contribution in [3.05, 3.63) is 77.6 Å². The van der Waals surface area contributed by atoms with Gasteiger partial charge >= 0.3 is 12.2 Å². The van der Waals surface area contributed by atoms with Crippen LogP contribution >= 0.6 is 0 Å². The Balaban J connectivity index is 1.88. The summed E-state index contributed by atoms with van der Waals surface area (Å²) in [6.45, 7) is 5.13. The molecule has 35 heavy (non-hydrogen) atoms. The highest BCUT2D eigenvalue weighted by Gasteiger charge is 2.22. The number of hydrogen-bond donors (Lipinski definition) is 3. The lowest BCUT2D eigenvalue weighted by Crippen LogP contribution is -2.35. The standard InChI is InChI=1S/C26H30N4O5/c1-26(2,3)35-25(33)28-22(18-8-6-5-7-9-18)15-20-14-21(23(16-31)30-29-20)17-10-12-19(13-11-17)27-24(32)34-4/h5-14,22,31H,15-16H2,1-4H3,(H,27,32)(H,28,33)/t22-/m0/s1. The average molecular weight is 479 g/mol. The van der Waals surface area contributed by atoms with Crippen LogP contribution in [0.3, 0.4) is 0 Å². The largest absolute Gasteiger partial charge is 0.453 e. The second kappa shape index (κ2) is 11.4. The van der Waals surface area contributed by atoms with Crippen molar-refractivity contribution in [3.63, 3.8) is 0 Å². The molecule has 0 saturated heterocycles. The summed E-state index contributed by atoms with van der Waals surface area (Å²) in [4.78, 5) is 23.9. The van der Waals surface area contributed by atoms with E-state index in [4.69, 9.17) is 4.74 Å². The van der Waals surface area contributed by atoms with Gasteiger partial charge < -0.3 is 19.9 Å². The van der Waals surface area contributed by atoms with Gasteiger partial charge in [-0.05, 0) is 50.1 Å². The number of carbonyl (C=O) groups is 2. The number of methoxy groups -OCH3 is 1. The monoisotopic (exact) mass is 478 g/mol. The Morgan fingerprint density at radius 1 is 1.00 bits per heavy atom. The molecule has 1 heterocycles. The molecule has 184 valence electrons. The van der Waals surface area contributed by atoms with Gasteiger partial charge in [-0.1, -0.05) is 42.5 Å². The fourth-order valence-corrected chi connectivity index (χ4v) is 3.42. The molecule has 0 saturated carbocycles. The van der Waals surface area contributed by atoms with Crippen LogP contribution in [0.5, 0.6) is 0 Å². The number of hydrogen-bond acceptors (Lipinski definition) is 7. The van der Waals surface area contributed by atoms with Gasteiger partial charge in [0.15, 0.2) is 0 Å². The molecule has 1 atom stereocenters. The maximum absolute atomic E-state index is 12.5. The van der Waals surface area contributed by atoms with Gasteiger partial charge in [0, 0.05) is 17.7 Å². The smallest absolute Gasteiger partial charge is 0.411 e. The highest BCUT2D eigenvalue weighted by atomic mass is 16.6. The van der Waals surface area contributed by atoms with E-state index in [1.165, 1.54) is 7.11 Å². The number of carbonyl (C=O) groups excluding carboxylic acids is 2. The predicted molar refractivity (Wildman–Crippen MR) is 132 cm³/mol. The first-order chi connectivity index (χ1) is 16.7. The number of alkyl carbamates (subject to hydrolysis) is 1. The maximum Gasteiger partial charge on any atom is 0.411 e. The first kappa shape index (κ1) is 25.6. The van der Waals surface area contributed by atoms with Crippen molar-refractivity contribution < 1.29 is 24.2 Å². The Bertz CT molecular complexity index is 1140. The van der Waals surface area contributed by atoms with E-state index in [9.17, 15) is 14.7 Å². The van der Waals surface area contributed by atoms with Gasteiger partial charge in [-0.2, -0.15) is 10.2 Å². The zero-order valence-electron chi connectivity index (χ0n) is 20.2. The number of anilines is 1. The normalized spacial score (nSPS) is 11.9. The van der Waals surface area contributed by atoms with Crippen LogP contribution in [-0.4, -0.2) is 40.2 Å². The van der Waals surface area contributed by atoms with E-state index in [0.717, 1.165) is 11.1 Å². The van der Waals surface area contributed by atoms with E-state index < -0.39 is 23.8 Å². The summed E-state index contributed by atoms with van der Waals surface area (Å²) in [5.41, 5.74) is 3.36. The minimum Gasteiger partial charge on any atom is -0.453 e. The van der Waals surface area contributed by atoms with E-state index in [1.807, 2.05) is 36.4 Å². The molecule has 0 aliphatic heterocycles. The molecule has 1 aromatic heterocycles. The van der Waals surface area contributed by atoms with Gasteiger partial charge in [-0.25, -0.2) is 9.59 Å². The molecule has 0 spiro atoms. The Hall–Kier alpha value is -3.98. The van der Waals surface area contributed by atoms with Crippen LogP contribution < -0.4 is 10.6 Å². The number of ether oxygens (including phenoxy) is 2. The zero-order chi connectivity index (χ0) is 25.4. The fourth-order valence-electron chi connectivity index (χ4n) is 3.42. The Kier molecular flexibility index (Phi) is 8.38. The topological polar surface area (TPSA) is 123 Å². The predicted octanol–water partition coefficient (Wildman–Crippen LogP) is 4.62. The lowest BCUT2D eigenvalue weighted by atomic mass is 9.99. The Morgan fingerprint density at radius 3 is 2.29 bits per heavy atom. The third-order valence-electron chi connectivity index (χ3n) is 5.00. The van der Waals surface area contributed by atoms with Crippen LogP contribution in [0.25, 0.3) is 11.1 Å². The molecule has 3 aromatic rings. The molecule has 9 heteroatoms. The second-order valence-electron chi connectivity index (χ2n) is 8.86. The summed E-state index contributed by atoms with van der Waals surface area (Å²) in [6.07, 6.45) is -0.733. The molecule has 0 unspecified atom stereocenters. The van der Waals surface area contributed by atoms with Crippen molar-refractivity contribution in [3.8, 4) is 11.1 Å². The third kappa shape index (κ3) is 7.51. The quantitative estimate of drug-likeness (QED) is 0.453. The van der Waals surface area contributed by atoms with E-state index in [0.29, 0.717) is 29.1 Å². The number of rotatable bonds is 7. The average Bonchev–Trinajstić information content (AvgIpc) is 2.83. The number of aromatic nitrogens is 2. The maximum atomic E-state index is 12.5. The summed E-state index contributed by atoms with van der Waals surface area (Å²) in [5.74, 6) is 0. The number of amides is 2. The Morgan fingerprint density at radius 2 is 1.69 bits per heavy atom. The zero-order valence-corrected chi connectivity index (χ0v) is 20.2. The van der Waals surface area contributed by atoms with Crippen molar-refractivity contribution >= 4 is 17.9 Å². The SMILES string of the molecule is COC(=O)Nc1ccc(-c2cc(C[C@H](NC(=O)OC(C)(C)C)c3ccccc3)nnc2CO)cc1. The molecule has 0 aliphatic carbocycles. The van der Waals surface area contributed by atoms with Gasteiger partial charge in [0.05, 0.1) is 31.1 Å². The first-order valence-corrected chi connectivity index (χ1v) is 11.1. The van der Waals surface area contributed by atoms with Crippen molar-refractivity contribution in [1.29, 1.82) is 0 Å². The lowest BCUT2D eigenvalue weighted by Gasteiger charge is -2.24. The van der Waals surface area contributed by atoms with Crippen molar-refractivity contribution in [2.75, 3.05) is 12.4 Å². The minimum atomic E-state index is -0.629. The highest BCUT2D eigenvalue weighted by Crippen LogP contribution is 2.27. The van der Waals surface area contributed by atoms with Crippen LogP contribution in [0.4, 0.5) is 15.3 Å². The second-order valence-corrected chi connectivity index (χ2v) is 8.86. The van der Waals surface area contributed by atoms with Gasteiger partial charge in [0.2, 0.25) is 0 Å². The summed E-state index contributed by atoms with van der Waals surface area (Å²) in [5, 5.41) is 23.8. The van der Waals surface area contributed by atoms with Crippen LogP contribution in [0, 0.1) is 0 Å². The number of benzene rings is 2. The summed E-state index contributed by atoms with van der Waals surface area (Å²) in [6, 6.07) is 18.0. The number of aliphatic hydroxyl groups excluding tert-OH is 1. The molecule has 0 bridgehead atoms. The highest BCUT2D eigenvalue weighted by molar-refractivity contribution is 5.85. The molecule has 3 rings (SSSR count). The minimum absolute atomic E-state index is 0.289. The van der Waals surface area contributed by atoms with Crippen molar-refractivity contribution in [2.45, 2.75) is 45.4 Å². The van der Waals surface area contributed by atoms with Crippen LogP contribution in [0.1, 0.15) is 43.8 Å².